The van der Waals surface area contributed by atoms with Crippen LogP contribution in [0.1, 0.15) is 40.0 Å². The van der Waals surface area contributed by atoms with E-state index in [4.69, 9.17) is 0 Å². The molecule has 0 aromatic heterocycles. The second kappa shape index (κ2) is 5.95. The Hall–Kier alpha value is -0.500. The zero-order chi connectivity index (χ0) is 16.6. The summed E-state index contributed by atoms with van der Waals surface area (Å²) < 4.78 is 79.3. The SMILES string of the molecule is CC(C)(C)C1CCC(O)C(OC(C(F)(F)F)C(F)(F)F)C1. The van der Waals surface area contributed by atoms with E-state index >= 15 is 0 Å². The topological polar surface area (TPSA) is 29.5 Å². The lowest BCUT2D eigenvalue weighted by Crippen LogP contribution is -2.50. The Labute approximate surface area is 119 Å². The average molecular weight is 322 g/mol. The molecule has 0 aliphatic heterocycles. The van der Waals surface area contributed by atoms with E-state index in [0.717, 1.165) is 0 Å². The van der Waals surface area contributed by atoms with Crippen LogP contribution in [0.4, 0.5) is 26.3 Å². The van der Waals surface area contributed by atoms with Crippen molar-refractivity contribution in [1.82, 2.24) is 0 Å². The van der Waals surface area contributed by atoms with Gasteiger partial charge in [0.25, 0.3) is 0 Å². The third-order valence-electron chi connectivity index (χ3n) is 3.89. The number of aliphatic hydroxyl groups excluding tert-OH is 1. The van der Waals surface area contributed by atoms with Crippen molar-refractivity contribution >= 4 is 0 Å². The minimum atomic E-state index is -5.55. The third kappa shape index (κ3) is 5.02. The molecule has 0 aromatic rings. The van der Waals surface area contributed by atoms with Crippen LogP contribution in [0.25, 0.3) is 0 Å². The van der Waals surface area contributed by atoms with Crippen LogP contribution in [0.15, 0.2) is 0 Å². The average Bonchev–Trinajstić information content (AvgIpc) is 2.22. The summed E-state index contributed by atoms with van der Waals surface area (Å²) in [5.41, 5.74) is -0.270. The number of aliphatic hydroxyl groups is 1. The first-order valence-corrected chi connectivity index (χ1v) is 6.70. The highest BCUT2D eigenvalue weighted by Gasteiger charge is 2.59. The van der Waals surface area contributed by atoms with Crippen molar-refractivity contribution in [3.05, 3.63) is 0 Å². The lowest BCUT2D eigenvalue weighted by Gasteiger charge is -2.41. The van der Waals surface area contributed by atoms with Crippen molar-refractivity contribution in [2.24, 2.45) is 11.3 Å². The quantitative estimate of drug-likeness (QED) is 0.777. The number of alkyl halides is 6. The molecule has 0 spiro atoms. The van der Waals surface area contributed by atoms with Gasteiger partial charge in [-0.3, -0.25) is 0 Å². The van der Waals surface area contributed by atoms with Crippen LogP contribution >= 0.6 is 0 Å². The predicted molar refractivity (Wildman–Crippen MR) is 63.6 cm³/mol. The van der Waals surface area contributed by atoms with Gasteiger partial charge in [-0.25, -0.2) is 0 Å². The van der Waals surface area contributed by atoms with Gasteiger partial charge in [0.1, 0.15) is 0 Å². The molecule has 8 heteroatoms. The minimum absolute atomic E-state index is 0.0205. The molecule has 0 radical (unpaired) electrons. The molecule has 21 heavy (non-hydrogen) atoms. The van der Waals surface area contributed by atoms with Gasteiger partial charge in [0.05, 0.1) is 12.2 Å². The second-order valence-electron chi connectivity index (χ2n) is 6.58. The summed E-state index contributed by atoms with van der Waals surface area (Å²) in [4.78, 5) is 0. The summed E-state index contributed by atoms with van der Waals surface area (Å²) in [5, 5.41) is 9.67. The molecule has 3 unspecified atom stereocenters. The van der Waals surface area contributed by atoms with Crippen molar-refractivity contribution in [2.45, 2.75) is 70.7 Å². The third-order valence-corrected chi connectivity index (χ3v) is 3.89. The van der Waals surface area contributed by atoms with E-state index in [1.165, 1.54) is 0 Å². The van der Waals surface area contributed by atoms with Crippen molar-refractivity contribution < 1.29 is 36.2 Å². The number of hydrogen-bond acceptors (Lipinski definition) is 2. The largest absolute Gasteiger partial charge is 0.423 e. The van der Waals surface area contributed by atoms with Gasteiger partial charge < -0.3 is 9.84 Å². The van der Waals surface area contributed by atoms with E-state index in [1.807, 2.05) is 20.8 Å². The number of halogens is 6. The van der Waals surface area contributed by atoms with Crippen molar-refractivity contribution in [3.8, 4) is 0 Å². The van der Waals surface area contributed by atoms with Crippen molar-refractivity contribution in [3.63, 3.8) is 0 Å². The summed E-state index contributed by atoms with van der Waals surface area (Å²) in [6.07, 6.45) is -17.1. The molecular formula is C13H20F6O2. The summed E-state index contributed by atoms with van der Waals surface area (Å²) in [5.74, 6) is -0.104. The molecule has 0 amide bonds. The van der Waals surface area contributed by atoms with Crippen LogP contribution in [-0.4, -0.2) is 35.8 Å². The van der Waals surface area contributed by atoms with Crippen LogP contribution in [0.3, 0.4) is 0 Å². The summed E-state index contributed by atoms with van der Waals surface area (Å²) >= 11 is 0. The van der Waals surface area contributed by atoms with Crippen LogP contribution in [0, 0.1) is 11.3 Å². The molecule has 1 fully saturated rings. The van der Waals surface area contributed by atoms with Crippen LogP contribution in [0.2, 0.25) is 0 Å². The fourth-order valence-corrected chi connectivity index (χ4v) is 2.56. The maximum absolute atomic E-state index is 12.5. The summed E-state index contributed by atoms with van der Waals surface area (Å²) in [7, 11) is 0. The molecular weight excluding hydrogens is 302 g/mol. The van der Waals surface area contributed by atoms with Crippen molar-refractivity contribution in [1.29, 1.82) is 0 Å². The normalized spacial score (nSPS) is 29.0. The van der Waals surface area contributed by atoms with Gasteiger partial charge in [0, 0.05) is 0 Å². The van der Waals surface area contributed by atoms with Gasteiger partial charge in [-0.15, -0.1) is 0 Å². The van der Waals surface area contributed by atoms with E-state index in [9.17, 15) is 31.4 Å². The second-order valence-corrected chi connectivity index (χ2v) is 6.58. The fraction of sp³-hybridized carbons (Fsp3) is 1.00. The standard InChI is InChI=1S/C13H20F6O2/c1-11(2,3)7-4-5-8(20)9(6-7)21-10(12(14,15)16)13(17,18)19/h7-10,20H,4-6H2,1-3H3. The molecule has 126 valence electrons. The Balaban J connectivity index is 2.87. The first kappa shape index (κ1) is 18.5. The molecule has 0 aromatic carbocycles. The molecule has 1 N–H and O–H groups in total. The number of rotatable bonds is 2. The van der Waals surface area contributed by atoms with E-state index in [1.54, 1.807) is 0 Å². The molecule has 2 nitrogen and oxygen atoms in total. The van der Waals surface area contributed by atoms with Crippen molar-refractivity contribution in [2.75, 3.05) is 0 Å². The van der Waals surface area contributed by atoms with Gasteiger partial charge in [0.2, 0.25) is 6.10 Å². The first-order chi connectivity index (χ1) is 9.23. The Bertz CT molecular complexity index is 330. The molecule has 1 rings (SSSR count). The van der Waals surface area contributed by atoms with E-state index in [0.29, 0.717) is 6.42 Å². The molecule has 0 saturated heterocycles. The maximum atomic E-state index is 12.5. The van der Waals surface area contributed by atoms with Gasteiger partial charge in [0.15, 0.2) is 0 Å². The Morgan fingerprint density at radius 1 is 0.952 bits per heavy atom. The van der Waals surface area contributed by atoms with Gasteiger partial charge in [-0.2, -0.15) is 26.3 Å². The highest BCUT2D eigenvalue weighted by molar-refractivity contribution is 4.88. The van der Waals surface area contributed by atoms with Gasteiger partial charge >= 0.3 is 12.4 Å². The highest BCUT2D eigenvalue weighted by Crippen LogP contribution is 2.42. The molecule has 0 bridgehead atoms. The smallest absolute Gasteiger partial charge is 0.390 e. The molecule has 3 atom stereocenters. The molecule has 1 saturated carbocycles. The lowest BCUT2D eigenvalue weighted by molar-refractivity contribution is -0.338. The van der Waals surface area contributed by atoms with Gasteiger partial charge in [-0.1, -0.05) is 20.8 Å². The van der Waals surface area contributed by atoms with Crippen LogP contribution < -0.4 is 0 Å². The van der Waals surface area contributed by atoms with E-state index < -0.39 is 30.7 Å². The summed E-state index contributed by atoms with van der Waals surface area (Å²) in [6, 6.07) is 0. The van der Waals surface area contributed by atoms with E-state index in [-0.39, 0.29) is 24.2 Å². The Morgan fingerprint density at radius 3 is 1.81 bits per heavy atom. The first-order valence-electron chi connectivity index (χ1n) is 6.70. The lowest BCUT2D eigenvalue weighted by atomic mass is 9.71. The Morgan fingerprint density at radius 2 is 1.43 bits per heavy atom. The minimum Gasteiger partial charge on any atom is -0.390 e. The zero-order valence-corrected chi connectivity index (χ0v) is 12.1. The predicted octanol–water partition coefficient (Wildman–Crippen LogP) is 4.07. The number of hydrogen-bond donors (Lipinski definition) is 1. The van der Waals surface area contributed by atoms with E-state index in [2.05, 4.69) is 4.74 Å². The molecule has 1 aliphatic carbocycles. The fourth-order valence-electron chi connectivity index (χ4n) is 2.56. The molecule has 1 aliphatic rings. The van der Waals surface area contributed by atoms with Gasteiger partial charge in [-0.05, 0) is 30.6 Å². The molecule has 0 heterocycles. The maximum Gasteiger partial charge on any atom is 0.423 e. The monoisotopic (exact) mass is 322 g/mol. The summed E-state index contributed by atoms with van der Waals surface area (Å²) in [6.45, 7) is 5.58. The highest BCUT2D eigenvalue weighted by atomic mass is 19.4. The Kier molecular flexibility index (Phi) is 5.25. The van der Waals surface area contributed by atoms with Crippen LogP contribution in [-0.2, 0) is 4.74 Å². The van der Waals surface area contributed by atoms with Crippen LogP contribution in [0.5, 0.6) is 0 Å². The zero-order valence-electron chi connectivity index (χ0n) is 12.1. The number of ether oxygens (including phenoxy) is 1.